The minimum atomic E-state index is 0.608. The zero-order valence-corrected chi connectivity index (χ0v) is 10.0. The summed E-state index contributed by atoms with van der Waals surface area (Å²) < 4.78 is 1.97. The highest BCUT2D eigenvalue weighted by Crippen LogP contribution is 2.04. The molecule has 0 aliphatic carbocycles. The van der Waals surface area contributed by atoms with Crippen LogP contribution in [0.15, 0.2) is 6.33 Å². The topological polar surface area (TPSA) is 42.7 Å². The molecule has 1 rings (SSSR count). The van der Waals surface area contributed by atoms with Crippen molar-refractivity contribution in [2.24, 2.45) is 0 Å². The van der Waals surface area contributed by atoms with Gasteiger partial charge in [-0.3, -0.25) is 4.68 Å². The largest absolute Gasteiger partial charge is 0.314 e. The summed E-state index contributed by atoms with van der Waals surface area (Å²) in [7, 11) is 0. The molecule has 1 heterocycles. The Labute approximate surface area is 92.1 Å². The molecule has 0 saturated heterocycles. The van der Waals surface area contributed by atoms with Crippen molar-refractivity contribution < 1.29 is 0 Å². The summed E-state index contributed by atoms with van der Waals surface area (Å²) in [5.74, 6) is 1.11. The van der Waals surface area contributed by atoms with Gasteiger partial charge in [-0.1, -0.05) is 13.8 Å². The van der Waals surface area contributed by atoms with Crippen LogP contribution in [0.2, 0.25) is 0 Å². The molecule has 1 aromatic heterocycles. The van der Waals surface area contributed by atoms with Gasteiger partial charge in [0, 0.05) is 19.0 Å². The van der Waals surface area contributed by atoms with Gasteiger partial charge in [0.25, 0.3) is 0 Å². The van der Waals surface area contributed by atoms with E-state index in [0.717, 1.165) is 31.8 Å². The van der Waals surface area contributed by atoms with E-state index in [1.807, 2.05) is 4.68 Å². The molecule has 0 aromatic carbocycles. The molecule has 86 valence electrons. The second-order valence-electron chi connectivity index (χ2n) is 3.69. The highest BCUT2D eigenvalue weighted by Gasteiger charge is 2.07. The van der Waals surface area contributed by atoms with Crippen molar-refractivity contribution in [3.8, 4) is 0 Å². The Hall–Kier alpha value is -0.900. The van der Waals surface area contributed by atoms with Crippen molar-refractivity contribution in [2.45, 2.75) is 52.6 Å². The fourth-order valence-corrected chi connectivity index (χ4v) is 1.79. The Morgan fingerprint density at radius 3 is 2.80 bits per heavy atom. The van der Waals surface area contributed by atoms with Crippen molar-refractivity contribution in [1.29, 1.82) is 0 Å². The van der Waals surface area contributed by atoms with E-state index in [-0.39, 0.29) is 0 Å². The van der Waals surface area contributed by atoms with Crippen molar-refractivity contribution in [3.05, 3.63) is 12.2 Å². The minimum absolute atomic E-state index is 0.608. The maximum atomic E-state index is 4.28. The predicted molar refractivity (Wildman–Crippen MR) is 61.8 cm³/mol. The van der Waals surface area contributed by atoms with Crippen LogP contribution in [0.4, 0.5) is 0 Å². The zero-order valence-electron chi connectivity index (χ0n) is 10.0. The van der Waals surface area contributed by atoms with E-state index in [9.17, 15) is 0 Å². The van der Waals surface area contributed by atoms with Gasteiger partial charge in [0.1, 0.15) is 12.2 Å². The molecule has 1 atom stereocenters. The second kappa shape index (κ2) is 6.56. The smallest absolute Gasteiger partial charge is 0.138 e. The zero-order chi connectivity index (χ0) is 11.1. The third-order valence-corrected chi connectivity index (χ3v) is 2.70. The molecule has 4 heteroatoms. The molecular weight excluding hydrogens is 188 g/mol. The van der Waals surface area contributed by atoms with E-state index >= 15 is 0 Å². The molecule has 0 saturated carbocycles. The molecule has 15 heavy (non-hydrogen) atoms. The molecule has 1 aromatic rings. The third kappa shape index (κ3) is 3.63. The summed E-state index contributed by atoms with van der Waals surface area (Å²) in [5.41, 5.74) is 0. The van der Waals surface area contributed by atoms with Gasteiger partial charge in [-0.25, -0.2) is 4.98 Å². The average molecular weight is 210 g/mol. The third-order valence-electron chi connectivity index (χ3n) is 2.70. The van der Waals surface area contributed by atoms with Gasteiger partial charge in [-0.15, -0.1) is 0 Å². The lowest BCUT2D eigenvalue weighted by atomic mass is 10.1. The Balaban J connectivity index is 2.41. The van der Waals surface area contributed by atoms with E-state index in [2.05, 4.69) is 36.2 Å². The lowest BCUT2D eigenvalue weighted by molar-refractivity contribution is 0.468. The van der Waals surface area contributed by atoms with Gasteiger partial charge in [0.15, 0.2) is 0 Å². The first kappa shape index (κ1) is 12.2. The van der Waals surface area contributed by atoms with E-state index in [1.54, 1.807) is 6.33 Å². The van der Waals surface area contributed by atoms with Gasteiger partial charge >= 0.3 is 0 Å². The molecule has 0 fully saturated rings. The Kier molecular flexibility index (Phi) is 5.32. The maximum Gasteiger partial charge on any atom is 0.138 e. The standard InChI is InChI=1S/C11H22N4/c1-4-10(12-5-2)7-8-11-13-9-14-15(11)6-3/h9-10,12H,4-8H2,1-3H3. The number of nitrogens with zero attached hydrogens (tertiary/aromatic N) is 3. The van der Waals surface area contributed by atoms with Crippen LogP contribution in [0.5, 0.6) is 0 Å². The number of nitrogens with one attached hydrogen (secondary N) is 1. The predicted octanol–water partition coefficient (Wildman–Crippen LogP) is 1.62. The van der Waals surface area contributed by atoms with Crippen LogP contribution in [0.1, 0.15) is 39.4 Å². The summed E-state index contributed by atoms with van der Waals surface area (Å²) in [6.45, 7) is 8.42. The SMILES string of the molecule is CCNC(CC)CCc1ncnn1CC. The monoisotopic (exact) mass is 210 g/mol. The summed E-state index contributed by atoms with van der Waals surface area (Å²) >= 11 is 0. The van der Waals surface area contributed by atoms with Crippen LogP contribution in [0.3, 0.4) is 0 Å². The number of aromatic nitrogens is 3. The van der Waals surface area contributed by atoms with Crippen molar-refractivity contribution in [2.75, 3.05) is 6.54 Å². The number of hydrogen-bond donors (Lipinski definition) is 1. The average Bonchev–Trinajstić information content (AvgIpc) is 2.71. The lowest BCUT2D eigenvalue weighted by Crippen LogP contribution is -2.28. The van der Waals surface area contributed by atoms with E-state index in [4.69, 9.17) is 0 Å². The van der Waals surface area contributed by atoms with E-state index < -0.39 is 0 Å². The van der Waals surface area contributed by atoms with Crippen molar-refractivity contribution in [1.82, 2.24) is 20.1 Å². The van der Waals surface area contributed by atoms with Gasteiger partial charge in [-0.2, -0.15) is 5.10 Å². The quantitative estimate of drug-likeness (QED) is 0.743. The Morgan fingerprint density at radius 2 is 2.20 bits per heavy atom. The first-order valence-corrected chi connectivity index (χ1v) is 5.91. The van der Waals surface area contributed by atoms with Gasteiger partial charge < -0.3 is 5.32 Å². The van der Waals surface area contributed by atoms with Crippen LogP contribution in [0, 0.1) is 0 Å². The summed E-state index contributed by atoms with van der Waals surface area (Å²) in [6.07, 6.45) is 4.98. The van der Waals surface area contributed by atoms with Crippen LogP contribution < -0.4 is 5.32 Å². The molecule has 0 aliphatic rings. The Morgan fingerprint density at radius 1 is 1.40 bits per heavy atom. The highest BCUT2D eigenvalue weighted by atomic mass is 15.3. The fraction of sp³-hybridized carbons (Fsp3) is 0.818. The molecule has 0 aliphatic heterocycles. The number of aryl methyl sites for hydroxylation is 2. The minimum Gasteiger partial charge on any atom is -0.314 e. The van der Waals surface area contributed by atoms with Gasteiger partial charge in [0.05, 0.1) is 0 Å². The molecule has 1 N–H and O–H groups in total. The van der Waals surface area contributed by atoms with Crippen LogP contribution in [-0.4, -0.2) is 27.4 Å². The summed E-state index contributed by atoms with van der Waals surface area (Å²) in [4.78, 5) is 4.28. The first-order valence-electron chi connectivity index (χ1n) is 5.91. The van der Waals surface area contributed by atoms with Crippen molar-refractivity contribution >= 4 is 0 Å². The molecule has 0 bridgehead atoms. The molecule has 1 unspecified atom stereocenters. The molecule has 0 radical (unpaired) electrons. The molecular formula is C11H22N4. The first-order chi connectivity index (χ1) is 7.31. The second-order valence-corrected chi connectivity index (χ2v) is 3.69. The molecule has 0 spiro atoms. The summed E-state index contributed by atoms with van der Waals surface area (Å²) in [5, 5.41) is 7.64. The summed E-state index contributed by atoms with van der Waals surface area (Å²) in [6, 6.07) is 0.608. The fourth-order valence-electron chi connectivity index (χ4n) is 1.79. The van der Waals surface area contributed by atoms with Crippen LogP contribution in [-0.2, 0) is 13.0 Å². The van der Waals surface area contributed by atoms with Gasteiger partial charge in [-0.05, 0) is 26.3 Å². The van der Waals surface area contributed by atoms with Crippen LogP contribution in [0.25, 0.3) is 0 Å². The van der Waals surface area contributed by atoms with E-state index in [0.29, 0.717) is 6.04 Å². The van der Waals surface area contributed by atoms with E-state index in [1.165, 1.54) is 6.42 Å². The number of rotatable bonds is 7. The molecule has 4 nitrogen and oxygen atoms in total. The van der Waals surface area contributed by atoms with Crippen molar-refractivity contribution in [3.63, 3.8) is 0 Å². The maximum absolute atomic E-state index is 4.28. The molecule has 0 amide bonds. The van der Waals surface area contributed by atoms with Gasteiger partial charge in [0.2, 0.25) is 0 Å². The Bertz CT molecular complexity index is 269. The van der Waals surface area contributed by atoms with Crippen LogP contribution >= 0.6 is 0 Å². The lowest BCUT2D eigenvalue weighted by Gasteiger charge is -2.15. The highest BCUT2D eigenvalue weighted by molar-refractivity contribution is 4.86. The normalized spacial score (nSPS) is 13.0. The number of hydrogen-bond acceptors (Lipinski definition) is 3.